The molecule has 0 saturated carbocycles. The summed E-state index contributed by atoms with van der Waals surface area (Å²) in [4.78, 5) is 8.01. The number of nitrogens with zero attached hydrogens (tertiary/aromatic N) is 6. The van der Waals surface area contributed by atoms with Crippen molar-refractivity contribution in [1.29, 1.82) is 5.26 Å². The normalized spacial score (nSPS) is 11.0. The summed E-state index contributed by atoms with van der Waals surface area (Å²) in [5, 5.41) is 13.4. The summed E-state index contributed by atoms with van der Waals surface area (Å²) >= 11 is -0.0506. The maximum atomic E-state index is 13.6. The molecule has 0 amide bonds. The first-order valence-electron chi connectivity index (χ1n) is 7.51. The lowest BCUT2D eigenvalue weighted by atomic mass is 10.0. The van der Waals surface area contributed by atoms with Crippen LogP contribution >= 0.6 is 12.3 Å². The zero-order valence-corrected chi connectivity index (χ0v) is 14.2. The van der Waals surface area contributed by atoms with Gasteiger partial charge in [-0.15, -0.1) is 3.89 Å². The second-order valence-corrected chi connectivity index (χ2v) is 5.98. The van der Waals surface area contributed by atoms with E-state index in [1.165, 1.54) is 18.3 Å². The van der Waals surface area contributed by atoms with Gasteiger partial charge in [-0.3, -0.25) is 4.40 Å². The third-order valence-corrected chi connectivity index (χ3v) is 4.49. The van der Waals surface area contributed by atoms with Crippen LogP contribution in [0.3, 0.4) is 0 Å². The molecule has 4 aromatic heterocycles. The molecule has 0 atom stereocenters. The van der Waals surface area contributed by atoms with E-state index in [2.05, 4.69) is 21.1 Å². The fourth-order valence-corrected chi connectivity index (χ4v) is 3.13. The zero-order chi connectivity index (χ0) is 18.3. The van der Waals surface area contributed by atoms with E-state index in [9.17, 15) is 13.5 Å². The first-order chi connectivity index (χ1) is 12.6. The number of fused-ring (bicyclic) bond motifs is 1. The van der Waals surface area contributed by atoms with Gasteiger partial charge in [0.05, 0.1) is 17.6 Å². The SMILES string of the molecule is Cc1c(-c2ccc3ncc(C#N)n3c2)c(-c2cccc(F)n2)nn1SF. The summed E-state index contributed by atoms with van der Waals surface area (Å²) in [6.45, 7) is 1.71. The number of nitriles is 1. The molecule has 0 radical (unpaired) electrons. The summed E-state index contributed by atoms with van der Waals surface area (Å²) in [5.41, 5.74) is 3.46. The van der Waals surface area contributed by atoms with Crippen LogP contribution in [0.5, 0.6) is 0 Å². The number of halogens is 2. The number of hydrogen-bond acceptors (Lipinski definition) is 5. The summed E-state index contributed by atoms with van der Waals surface area (Å²) in [6, 6.07) is 9.97. The molecule has 4 rings (SSSR count). The highest BCUT2D eigenvalue weighted by molar-refractivity contribution is 7.92. The molecule has 0 aliphatic heterocycles. The van der Waals surface area contributed by atoms with Crippen molar-refractivity contribution < 1.29 is 8.28 Å². The number of aromatic nitrogens is 5. The van der Waals surface area contributed by atoms with Crippen LogP contribution in [0.15, 0.2) is 42.7 Å². The van der Waals surface area contributed by atoms with Gasteiger partial charge in [0.1, 0.15) is 23.1 Å². The van der Waals surface area contributed by atoms with Gasteiger partial charge in [-0.25, -0.2) is 9.97 Å². The molecule has 0 aromatic carbocycles. The lowest BCUT2D eigenvalue weighted by Gasteiger charge is -2.06. The first kappa shape index (κ1) is 16.2. The van der Waals surface area contributed by atoms with Crippen LogP contribution in [0.2, 0.25) is 0 Å². The standard InChI is InChI=1S/C17H10F2N6S/c1-10-16(11-5-6-15-21-8-12(7-20)24(15)9-11)17(23-25(10)26-19)13-3-2-4-14(18)22-13/h2-6,8-9H,1H3. The molecular formula is C17H10F2N6S. The number of hydrogen-bond donors (Lipinski definition) is 0. The van der Waals surface area contributed by atoms with Crippen LogP contribution in [0.1, 0.15) is 11.4 Å². The van der Waals surface area contributed by atoms with Crippen LogP contribution in [0, 0.1) is 24.2 Å². The number of imidazole rings is 1. The van der Waals surface area contributed by atoms with E-state index in [4.69, 9.17) is 0 Å². The Hall–Kier alpha value is -3.25. The Kier molecular flexibility index (Phi) is 3.89. The smallest absolute Gasteiger partial charge is 0.213 e. The molecule has 0 fully saturated rings. The van der Waals surface area contributed by atoms with Gasteiger partial charge in [-0.1, -0.05) is 6.07 Å². The van der Waals surface area contributed by atoms with Gasteiger partial charge in [-0.05, 0) is 31.2 Å². The number of pyridine rings is 2. The Balaban J connectivity index is 1.99. The van der Waals surface area contributed by atoms with Crippen molar-refractivity contribution in [1.82, 2.24) is 23.6 Å². The van der Waals surface area contributed by atoms with E-state index >= 15 is 0 Å². The lowest BCUT2D eigenvalue weighted by molar-refractivity contribution is 0.585. The van der Waals surface area contributed by atoms with Crippen LogP contribution in [0.4, 0.5) is 8.28 Å². The average molecular weight is 368 g/mol. The van der Waals surface area contributed by atoms with Crippen LogP contribution in [-0.4, -0.2) is 23.6 Å². The molecule has 0 N–H and O–H groups in total. The Labute approximate surface area is 151 Å². The second-order valence-electron chi connectivity index (χ2n) is 5.50. The van der Waals surface area contributed by atoms with Crippen molar-refractivity contribution in [3.63, 3.8) is 0 Å². The van der Waals surface area contributed by atoms with Crippen molar-refractivity contribution in [3.05, 3.63) is 60.1 Å². The molecule has 26 heavy (non-hydrogen) atoms. The molecule has 6 nitrogen and oxygen atoms in total. The fourth-order valence-electron chi connectivity index (χ4n) is 2.83. The van der Waals surface area contributed by atoms with Crippen molar-refractivity contribution >= 4 is 18.0 Å². The van der Waals surface area contributed by atoms with Gasteiger partial charge in [-0.2, -0.15) is 18.8 Å². The third-order valence-electron chi connectivity index (χ3n) is 4.01. The van der Waals surface area contributed by atoms with E-state index in [-0.39, 0.29) is 12.3 Å². The van der Waals surface area contributed by atoms with Crippen molar-refractivity contribution in [2.45, 2.75) is 6.92 Å². The van der Waals surface area contributed by atoms with Gasteiger partial charge < -0.3 is 0 Å². The summed E-state index contributed by atoms with van der Waals surface area (Å²) in [5.74, 6) is -0.648. The zero-order valence-electron chi connectivity index (χ0n) is 13.4. The van der Waals surface area contributed by atoms with Crippen LogP contribution in [-0.2, 0) is 0 Å². The van der Waals surface area contributed by atoms with E-state index in [1.807, 2.05) is 0 Å². The maximum Gasteiger partial charge on any atom is 0.213 e. The second kappa shape index (κ2) is 6.24. The molecular weight excluding hydrogens is 358 g/mol. The minimum atomic E-state index is -0.648. The van der Waals surface area contributed by atoms with Gasteiger partial charge in [0.25, 0.3) is 0 Å². The van der Waals surface area contributed by atoms with Gasteiger partial charge in [0.15, 0.2) is 12.3 Å². The molecule has 128 valence electrons. The van der Waals surface area contributed by atoms with E-state index < -0.39 is 5.95 Å². The topological polar surface area (TPSA) is 71.8 Å². The minimum absolute atomic E-state index is 0.0506. The molecule has 0 unspecified atom stereocenters. The first-order valence-corrected chi connectivity index (χ1v) is 8.19. The predicted octanol–water partition coefficient (Wildman–Crippen LogP) is 3.96. The van der Waals surface area contributed by atoms with E-state index in [0.717, 1.165) is 4.09 Å². The van der Waals surface area contributed by atoms with Gasteiger partial charge >= 0.3 is 0 Å². The quantitative estimate of drug-likeness (QED) is 0.512. The third kappa shape index (κ3) is 2.51. The molecule has 4 aromatic rings. The number of rotatable bonds is 3. The minimum Gasteiger partial charge on any atom is -0.291 e. The Morgan fingerprint density at radius 2 is 2.08 bits per heavy atom. The Bertz CT molecular complexity index is 1170. The predicted molar refractivity (Wildman–Crippen MR) is 93.2 cm³/mol. The Morgan fingerprint density at radius 1 is 1.23 bits per heavy atom. The summed E-state index contributed by atoms with van der Waals surface area (Å²) in [6.07, 6.45) is 3.20. The fraction of sp³-hybridized carbons (Fsp3) is 0.0588. The van der Waals surface area contributed by atoms with Crippen molar-refractivity contribution in [3.8, 4) is 28.6 Å². The molecule has 0 aliphatic carbocycles. The molecule has 0 spiro atoms. The largest absolute Gasteiger partial charge is 0.291 e. The Morgan fingerprint density at radius 3 is 2.81 bits per heavy atom. The van der Waals surface area contributed by atoms with Crippen LogP contribution in [0.25, 0.3) is 28.2 Å². The average Bonchev–Trinajstić information content (AvgIpc) is 3.21. The summed E-state index contributed by atoms with van der Waals surface area (Å²) < 4.78 is 29.6. The molecule has 4 heterocycles. The molecule has 0 saturated heterocycles. The summed E-state index contributed by atoms with van der Waals surface area (Å²) in [7, 11) is 0. The molecule has 0 bridgehead atoms. The molecule has 0 aliphatic rings. The molecule has 9 heteroatoms. The van der Waals surface area contributed by atoms with E-state index in [0.29, 0.717) is 39.5 Å². The monoisotopic (exact) mass is 368 g/mol. The highest BCUT2D eigenvalue weighted by atomic mass is 32.2. The maximum absolute atomic E-state index is 13.6. The van der Waals surface area contributed by atoms with Crippen LogP contribution < -0.4 is 0 Å². The van der Waals surface area contributed by atoms with Crippen molar-refractivity contribution in [2.24, 2.45) is 0 Å². The highest BCUT2D eigenvalue weighted by Crippen LogP contribution is 2.35. The van der Waals surface area contributed by atoms with Gasteiger partial charge in [0.2, 0.25) is 5.95 Å². The lowest BCUT2D eigenvalue weighted by Crippen LogP contribution is -1.93. The van der Waals surface area contributed by atoms with Gasteiger partial charge in [0, 0.05) is 17.3 Å². The van der Waals surface area contributed by atoms with Crippen molar-refractivity contribution in [2.75, 3.05) is 0 Å². The highest BCUT2D eigenvalue weighted by Gasteiger charge is 2.20. The van der Waals surface area contributed by atoms with E-state index in [1.54, 1.807) is 35.7 Å².